The second kappa shape index (κ2) is 4.85. The van der Waals surface area contributed by atoms with E-state index in [1.807, 2.05) is 18.2 Å². The average molecular weight is 242 g/mol. The lowest BCUT2D eigenvalue weighted by molar-refractivity contribution is -0.123. The molecule has 1 heterocycles. The minimum Gasteiger partial charge on any atom is -0.372 e. The van der Waals surface area contributed by atoms with Crippen molar-refractivity contribution in [3.63, 3.8) is 0 Å². The van der Waals surface area contributed by atoms with Crippen LogP contribution in [0.5, 0.6) is 0 Å². The third kappa shape index (κ3) is 2.43. The Labute approximate surface area is 98.8 Å². The molecule has 0 bridgehead atoms. The standard InChI is InChI=1S/C10H11N3O2.ClH/c11-9(14)5-8-10(15)13-7-4-2-1-3-6(7)12-8;/h1-4,8,12H,5H2,(H2,11,14)(H,13,15);1H. The number of carbonyl (C=O) groups excluding carboxylic acids is 2. The summed E-state index contributed by atoms with van der Waals surface area (Å²) in [6.07, 6.45) is 0.000166. The van der Waals surface area contributed by atoms with Gasteiger partial charge in [-0.1, -0.05) is 12.1 Å². The molecule has 0 aromatic heterocycles. The van der Waals surface area contributed by atoms with Crippen LogP contribution in [-0.2, 0) is 9.59 Å². The molecule has 16 heavy (non-hydrogen) atoms. The Hall–Kier alpha value is -1.75. The van der Waals surface area contributed by atoms with Crippen LogP contribution < -0.4 is 16.4 Å². The first kappa shape index (κ1) is 12.3. The van der Waals surface area contributed by atoms with Crippen molar-refractivity contribution in [2.45, 2.75) is 12.5 Å². The summed E-state index contributed by atoms with van der Waals surface area (Å²) in [7, 11) is 0. The van der Waals surface area contributed by atoms with Crippen LogP contribution in [0.4, 0.5) is 11.4 Å². The van der Waals surface area contributed by atoms with Gasteiger partial charge in [0.25, 0.3) is 0 Å². The summed E-state index contributed by atoms with van der Waals surface area (Å²) >= 11 is 0. The third-order valence-corrected chi connectivity index (χ3v) is 2.24. The Kier molecular flexibility index (Phi) is 3.73. The zero-order valence-corrected chi connectivity index (χ0v) is 9.21. The maximum Gasteiger partial charge on any atom is 0.247 e. The molecule has 1 aliphatic heterocycles. The predicted molar refractivity (Wildman–Crippen MR) is 63.5 cm³/mol. The fourth-order valence-corrected chi connectivity index (χ4v) is 1.54. The monoisotopic (exact) mass is 241 g/mol. The maximum atomic E-state index is 11.5. The Morgan fingerprint density at radius 2 is 1.94 bits per heavy atom. The number of nitrogens with two attached hydrogens (primary N) is 1. The highest BCUT2D eigenvalue weighted by Crippen LogP contribution is 2.26. The number of fused-ring (bicyclic) bond motifs is 1. The number of rotatable bonds is 2. The number of benzene rings is 1. The molecule has 1 aromatic carbocycles. The van der Waals surface area contributed by atoms with E-state index in [1.165, 1.54) is 0 Å². The fourth-order valence-electron chi connectivity index (χ4n) is 1.54. The highest BCUT2D eigenvalue weighted by Gasteiger charge is 2.26. The molecular weight excluding hydrogens is 230 g/mol. The predicted octanol–water partition coefficient (Wildman–Crippen LogP) is 0.716. The minimum absolute atomic E-state index is 0. The Morgan fingerprint density at radius 1 is 1.31 bits per heavy atom. The molecule has 4 N–H and O–H groups in total. The summed E-state index contributed by atoms with van der Waals surface area (Å²) in [5, 5.41) is 5.67. The van der Waals surface area contributed by atoms with Crippen molar-refractivity contribution in [1.29, 1.82) is 0 Å². The van der Waals surface area contributed by atoms with Crippen LogP contribution >= 0.6 is 12.4 Å². The minimum atomic E-state index is -0.572. The average Bonchev–Trinajstić information content (AvgIpc) is 2.18. The molecule has 2 amide bonds. The lowest BCUT2D eigenvalue weighted by Gasteiger charge is -2.25. The summed E-state index contributed by atoms with van der Waals surface area (Å²) < 4.78 is 0. The van der Waals surface area contributed by atoms with Crippen LogP contribution in [0, 0.1) is 0 Å². The van der Waals surface area contributed by atoms with Crippen molar-refractivity contribution in [2.24, 2.45) is 5.73 Å². The lowest BCUT2D eigenvalue weighted by atomic mass is 10.1. The van der Waals surface area contributed by atoms with Crippen molar-refractivity contribution in [3.05, 3.63) is 24.3 Å². The number of carbonyl (C=O) groups is 2. The molecule has 5 nitrogen and oxygen atoms in total. The fraction of sp³-hybridized carbons (Fsp3) is 0.200. The van der Waals surface area contributed by atoms with Crippen molar-refractivity contribution in [1.82, 2.24) is 0 Å². The number of halogens is 1. The Bertz CT molecular complexity index is 422. The summed E-state index contributed by atoms with van der Waals surface area (Å²) in [4.78, 5) is 22.2. The number of hydrogen-bond acceptors (Lipinski definition) is 3. The number of primary amides is 1. The first-order valence-corrected chi connectivity index (χ1v) is 4.61. The number of amides is 2. The van der Waals surface area contributed by atoms with Gasteiger partial charge in [-0.05, 0) is 12.1 Å². The van der Waals surface area contributed by atoms with E-state index in [0.717, 1.165) is 11.4 Å². The molecule has 2 rings (SSSR count). The van der Waals surface area contributed by atoms with Gasteiger partial charge in [0.15, 0.2) is 0 Å². The van der Waals surface area contributed by atoms with Crippen LogP contribution in [0.3, 0.4) is 0 Å². The van der Waals surface area contributed by atoms with Crippen LogP contribution in [0.15, 0.2) is 24.3 Å². The molecule has 1 unspecified atom stereocenters. The zero-order valence-electron chi connectivity index (χ0n) is 8.40. The van der Waals surface area contributed by atoms with Crippen LogP contribution in [-0.4, -0.2) is 17.9 Å². The van der Waals surface area contributed by atoms with Crippen LogP contribution in [0.2, 0.25) is 0 Å². The van der Waals surface area contributed by atoms with Gasteiger partial charge in [-0.25, -0.2) is 0 Å². The molecule has 0 spiro atoms. The number of anilines is 2. The first-order chi connectivity index (χ1) is 7.16. The van der Waals surface area contributed by atoms with Gasteiger partial charge in [-0.15, -0.1) is 12.4 Å². The molecule has 1 aliphatic rings. The van der Waals surface area contributed by atoms with Gasteiger partial charge in [0.05, 0.1) is 17.8 Å². The van der Waals surface area contributed by atoms with Crippen molar-refractivity contribution in [3.8, 4) is 0 Å². The highest BCUT2D eigenvalue weighted by molar-refractivity contribution is 6.04. The van der Waals surface area contributed by atoms with Gasteiger partial charge in [0, 0.05) is 0 Å². The molecule has 86 valence electrons. The second-order valence-corrected chi connectivity index (χ2v) is 3.40. The lowest BCUT2D eigenvalue weighted by Crippen LogP contribution is -2.41. The Morgan fingerprint density at radius 3 is 2.56 bits per heavy atom. The summed E-state index contributed by atoms with van der Waals surface area (Å²) in [5.41, 5.74) is 6.58. The molecule has 0 fully saturated rings. The van der Waals surface area contributed by atoms with Gasteiger partial charge >= 0.3 is 0 Å². The van der Waals surface area contributed by atoms with E-state index >= 15 is 0 Å². The summed E-state index contributed by atoms with van der Waals surface area (Å²) in [6.45, 7) is 0. The van der Waals surface area contributed by atoms with Gasteiger partial charge in [0.2, 0.25) is 11.8 Å². The third-order valence-electron chi connectivity index (χ3n) is 2.24. The molecule has 6 heteroatoms. The van der Waals surface area contributed by atoms with Gasteiger partial charge in [-0.3, -0.25) is 9.59 Å². The largest absolute Gasteiger partial charge is 0.372 e. The van der Waals surface area contributed by atoms with E-state index in [1.54, 1.807) is 6.07 Å². The molecule has 0 saturated carbocycles. The van der Waals surface area contributed by atoms with Gasteiger partial charge in [-0.2, -0.15) is 0 Å². The first-order valence-electron chi connectivity index (χ1n) is 4.61. The van der Waals surface area contributed by atoms with E-state index in [-0.39, 0.29) is 24.7 Å². The number of para-hydroxylation sites is 2. The van der Waals surface area contributed by atoms with Crippen molar-refractivity contribution in [2.75, 3.05) is 10.6 Å². The van der Waals surface area contributed by atoms with Gasteiger partial charge < -0.3 is 16.4 Å². The molecule has 1 atom stereocenters. The van der Waals surface area contributed by atoms with E-state index in [9.17, 15) is 9.59 Å². The van der Waals surface area contributed by atoms with Crippen molar-refractivity contribution >= 4 is 35.6 Å². The van der Waals surface area contributed by atoms with E-state index in [4.69, 9.17) is 5.73 Å². The normalized spacial score (nSPS) is 17.5. The zero-order chi connectivity index (χ0) is 10.8. The molecule has 1 aromatic rings. The molecule has 0 aliphatic carbocycles. The highest BCUT2D eigenvalue weighted by atomic mass is 35.5. The summed E-state index contributed by atoms with van der Waals surface area (Å²) in [5.74, 6) is -0.727. The van der Waals surface area contributed by atoms with Crippen molar-refractivity contribution < 1.29 is 9.59 Å². The maximum absolute atomic E-state index is 11.5. The second-order valence-electron chi connectivity index (χ2n) is 3.40. The summed E-state index contributed by atoms with van der Waals surface area (Å²) in [6, 6.07) is 6.74. The number of nitrogens with one attached hydrogen (secondary N) is 2. The smallest absolute Gasteiger partial charge is 0.247 e. The topological polar surface area (TPSA) is 84.2 Å². The van der Waals surface area contributed by atoms with Crippen LogP contribution in [0.1, 0.15) is 6.42 Å². The molecule has 0 saturated heterocycles. The van der Waals surface area contributed by atoms with E-state index in [0.29, 0.717) is 0 Å². The van der Waals surface area contributed by atoms with Gasteiger partial charge in [0.1, 0.15) is 6.04 Å². The van der Waals surface area contributed by atoms with E-state index in [2.05, 4.69) is 10.6 Å². The molecular formula is C10H12ClN3O2. The Balaban J connectivity index is 0.00000128. The van der Waals surface area contributed by atoms with Crippen LogP contribution in [0.25, 0.3) is 0 Å². The molecule has 0 radical (unpaired) electrons. The van der Waals surface area contributed by atoms with E-state index < -0.39 is 11.9 Å². The number of hydrogen-bond donors (Lipinski definition) is 3. The quantitative estimate of drug-likeness (QED) is 0.713. The SMILES string of the molecule is Cl.NC(=O)CC1Nc2ccccc2NC1=O.